The molecule has 22 heavy (non-hydrogen) atoms. The van der Waals surface area contributed by atoms with Gasteiger partial charge < -0.3 is 9.15 Å². The number of oxazole rings is 1. The summed E-state index contributed by atoms with van der Waals surface area (Å²) in [6.45, 7) is 4.40. The van der Waals surface area contributed by atoms with E-state index in [4.69, 9.17) is 9.15 Å². The second-order valence-corrected chi connectivity index (χ2v) is 5.65. The third kappa shape index (κ3) is 3.54. The number of carbonyl (C=O) groups excluding carboxylic acids is 1. The Morgan fingerprint density at radius 1 is 1.41 bits per heavy atom. The molecule has 2 aromatic rings. The molecule has 0 aliphatic carbocycles. The fourth-order valence-corrected chi connectivity index (χ4v) is 2.80. The van der Waals surface area contributed by atoms with Crippen LogP contribution in [0.4, 0.5) is 0 Å². The predicted octanol–water partition coefficient (Wildman–Crippen LogP) is 2.80. The molecule has 1 atom stereocenters. The summed E-state index contributed by atoms with van der Waals surface area (Å²) in [6, 6.07) is 10.3. The summed E-state index contributed by atoms with van der Waals surface area (Å²) in [5, 5.41) is 0. The largest absolute Gasteiger partial charge is 0.456 e. The van der Waals surface area contributed by atoms with Crippen LogP contribution < -0.4 is 0 Å². The minimum absolute atomic E-state index is 0.0823. The van der Waals surface area contributed by atoms with Crippen LogP contribution in [-0.2, 0) is 11.3 Å². The lowest BCUT2D eigenvalue weighted by molar-refractivity contribution is 0.00494. The van der Waals surface area contributed by atoms with Crippen LogP contribution >= 0.6 is 0 Å². The van der Waals surface area contributed by atoms with Gasteiger partial charge in [0.05, 0.1) is 0 Å². The number of likely N-dealkylation sites (tertiary alicyclic amines) is 1. The van der Waals surface area contributed by atoms with Crippen molar-refractivity contribution in [1.82, 2.24) is 9.88 Å². The number of ether oxygens (including phenoxy) is 1. The van der Waals surface area contributed by atoms with E-state index in [0.29, 0.717) is 5.76 Å². The lowest BCUT2D eigenvalue weighted by atomic mass is 10.1. The lowest BCUT2D eigenvalue weighted by Gasteiger charge is -2.32. The van der Waals surface area contributed by atoms with E-state index in [1.54, 1.807) is 6.92 Å². The summed E-state index contributed by atoms with van der Waals surface area (Å²) in [7, 11) is 0. The minimum Gasteiger partial charge on any atom is -0.456 e. The average molecular weight is 300 g/mol. The maximum atomic E-state index is 12.1. The minimum atomic E-state index is -0.391. The molecule has 3 rings (SSSR count). The molecule has 2 heterocycles. The molecule has 0 saturated carbocycles. The van der Waals surface area contributed by atoms with Crippen molar-refractivity contribution in [2.75, 3.05) is 13.1 Å². The van der Waals surface area contributed by atoms with E-state index < -0.39 is 5.97 Å². The Kier molecular flexibility index (Phi) is 4.53. The molecule has 0 spiro atoms. The average Bonchev–Trinajstić information content (AvgIpc) is 2.95. The summed E-state index contributed by atoms with van der Waals surface area (Å²) in [6.07, 6.45) is 3.12. The molecule has 1 saturated heterocycles. The van der Waals surface area contributed by atoms with Crippen molar-refractivity contribution in [3.8, 4) is 0 Å². The quantitative estimate of drug-likeness (QED) is 0.813. The van der Waals surface area contributed by atoms with Crippen LogP contribution in [0.25, 0.3) is 0 Å². The van der Waals surface area contributed by atoms with Gasteiger partial charge in [0.2, 0.25) is 0 Å². The molecule has 0 radical (unpaired) electrons. The first-order valence-corrected chi connectivity index (χ1v) is 7.59. The lowest BCUT2D eigenvalue weighted by Crippen LogP contribution is -2.40. The Balaban J connectivity index is 1.57. The highest BCUT2D eigenvalue weighted by Gasteiger charge is 2.25. The fraction of sp³-hybridized carbons (Fsp3) is 0.412. The summed E-state index contributed by atoms with van der Waals surface area (Å²) < 4.78 is 10.6. The van der Waals surface area contributed by atoms with Crippen LogP contribution in [0.5, 0.6) is 0 Å². The van der Waals surface area contributed by atoms with Crippen LogP contribution in [0, 0.1) is 6.92 Å². The van der Waals surface area contributed by atoms with E-state index in [0.717, 1.165) is 32.5 Å². The van der Waals surface area contributed by atoms with Crippen molar-refractivity contribution >= 4 is 5.97 Å². The van der Waals surface area contributed by atoms with E-state index in [2.05, 4.69) is 22.0 Å². The third-order valence-electron chi connectivity index (χ3n) is 3.92. The Morgan fingerprint density at radius 3 is 2.95 bits per heavy atom. The number of hydrogen-bond donors (Lipinski definition) is 0. The van der Waals surface area contributed by atoms with Crippen LogP contribution in [0.3, 0.4) is 0 Å². The van der Waals surface area contributed by atoms with E-state index in [1.165, 1.54) is 12.0 Å². The van der Waals surface area contributed by atoms with E-state index >= 15 is 0 Å². The Labute approximate surface area is 129 Å². The Morgan fingerprint density at radius 2 is 2.23 bits per heavy atom. The van der Waals surface area contributed by atoms with Gasteiger partial charge in [-0.25, -0.2) is 9.78 Å². The number of aryl methyl sites for hydroxylation is 1. The van der Waals surface area contributed by atoms with Gasteiger partial charge in [-0.05, 0) is 31.9 Å². The van der Waals surface area contributed by atoms with Gasteiger partial charge in [0.15, 0.2) is 12.1 Å². The highest BCUT2D eigenvalue weighted by molar-refractivity contribution is 5.88. The smallest absolute Gasteiger partial charge is 0.360 e. The van der Waals surface area contributed by atoms with Crippen LogP contribution in [0.1, 0.15) is 34.7 Å². The predicted molar refractivity (Wildman–Crippen MR) is 81.4 cm³/mol. The van der Waals surface area contributed by atoms with Crippen molar-refractivity contribution in [2.45, 2.75) is 32.4 Å². The van der Waals surface area contributed by atoms with Gasteiger partial charge in [-0.1, -0.05) is 30.3 Å². The summed E-state index contributed by atoms with van der Waals surface area (Å²) in [4.78, 5) is 18.3. The number of esters is 1. The summed E-state index contributed by atoms with van der Waals surface area (Å²) in [5.41, 5.74) is 1.56. The van der Waals surface area contributed by atoms with Crippen molar-refractivity contribution in [2.24, 2.45) is 0 Å². The van der Waals surface area contributed by atoms with E-state index in [1.807, 2.05) is 18.2 Å². The first-order chi connectivity index (χ1) is 10.7. The number of piperidine rings is 1. The maximum absolute atomic E-state index is 12.1. The fourth-order valence-electron chi connectivity index (χ4n) is 2.80. The van der Waals surface area contributed by atoms with Gasteiger partial charge >= 0.3 is 5.97 Å². The van der Waals surface area contributed by atoms with Crippen LogP contribution in [0.2, 0.25) is 0 Å². The van der Waals surface area contributed by atoms with Gasteiger partial charge in [-0.3, -0.25) is 4.90 Å². The van der Waals surface area contributed by atoms with Gasteiger partial charge in [0, 0.05) is 13.1 Å². The van der Waals surface area contributed by atoms with Gasteiger partial charge in [-0.2, -0.15) is 0 Å². The number of carbonyl (C=O) groups is 1. The van der Waals surface area contributed by atoms with Crippen molar-refractivity contribution in [1.29, 1.82) is 0 Å². The highest BCUT2D eigenvalue weighted by atomic mass is 16.5. The molecule has 1 aliphatic rings. The monoisotopic (exact) mass is 300 g/mol. The SMILES string of the molecule is Cc1ocnc1C(=O)O[C@@H]1CCCN(Cc2ccccc2)C1. The normalized spacial score (nSPS) is 19.0. The van der Waals surface area contributed by atoms with Crippen LogP contribution in [-0.4, -0.2) is 35.0 Å². The Bertz CT molecular complexity index is 624. The molecule has 5 heteroatoms. The van der Waals surface area contributed by atoms with Crippen molar-refractivity contribution in [3.05, 3.63) is 53.7 Å². The molecule has 0 amide bonds. The van der Waals surface area contributed by atoms with E-state index in [-0.39, 0.29) is 11.8 Å². The molecular weight excluding hydrogens is 280 g/mol. The molecule has 0 bridgehead atoms. The molecule has 1 aromatic heterocycles. The number of nitrogens with zero attached hydrogens (tertiary/aromatic N) is 2. The Hall–Kier alpha value is -2.14. The third-order valence-corrected chi connectivity index (χ3v) is 3.92. The first-order valence-electron chi connectivity index (χ1n) is 7.59. The molecule has 0 unspecified atom stereocenters. The first kappa shape index (κ1) is 14.8. The topological polar surface area (TPSA) is 55.6 Å². The second-order valence-electron chi connectivity index (χ2n) is 5.65. The molecule has 5 nitrogen and oxygen atoms in total. The zero-order valence-electron chi connectivity index (χ0n) is 12.7. The zero-order chi connectivity index (χ0) is 15.4. The standard InChI is InChI=1S/C17H20N2O3/c1-13-16(18-12-21-13)17(20)22-15-8-5-9-19(11-15)10-14-6-3-2-4-7-14/h2-4,6-7,12,15H,5,8-11H2,1H3/t15-/m1/s1. The van der Waals surface area contributed by atoms with Gasteiger partial charge in [0.1, 0.15) is 11.9 Å². The summed E-state index contributed by atoms with van der Waals surface area (Å²) >= 11 is 0. The van der Waals surface area contributed by atoms with Crippen molar-refractivity contribution in [3.63, 3.8) is 0 Å². The number of benzene rings is 1. The molecular formula is C17H20N2O3. The molecule has 1 aliphatic heterocycles. The zero-order valence-corrected chi connectivity index (χ0v) is 12.7. The van der Waals surface area contributed by atoms with Gasteiger partial charge in [-0.15, -0.1) is 0 Å². The van der Waals surface area contributed by atoms with E-state index in [9.17, 15) is 4.79 Å². The number of aromatic nitrogens is 1. The highest BCUT2D eigenvalue weighted by Crippen LogP contribution is 2.18. The molecule has 0 N–H and O–H groups in total. The molecule has 1 fully saturated rings. The molecule has 116 valence electrons. The van der Waals surface area contributed by atoms with Crippen molar-refractivity contribution < 1.29 is 13.9 Å². The van der Waals surface area contributed by atoms with Crippen LogP contribution in [0.15, 0.2) is 41.1 Å². The second kappa shape index (κ2) is 6.75. The summed E-state index contributed by atoms with van der Waals surface area (Å²) in [5.74, 6) is 0.111. The number of hydrogen-bond acceptors (Lipinski definition) is 5. The number of rotatable bonds is 4. The maximum Gasteiger partial charge on any atom is 0.360 e. The molecule has 1 aromatic carbocycles. The van der Waals surface area contributed by atoms with Gasteiger partial charge in [0.25, 0.3) is 0 Å².